The van der Waals surface area contributed by atoms with Gasteiger partial charge in [-0.15, -0.1) is 0 Å². The molecule has 61 heavy (non-hydrogen) atoms. The minimum atomic E-state index is 1.30. The largest absolute Gasteiger partial charge is 0.303 e. The fourth-order valence-corrected chi connectivity index (χ4v) is 9.14. The first-order chi connectivity index (χ1) is 30.3. The summed E-state index contributed by atoms with van der Waals surface area (Å²) in [6, 6.07) is 0. The van der Waals surface area contributed by atoms with Gasteiger partial charge in [-0.2, -0.15) is 0 Å². The van der Waals surface area contributed by atoms with E-state index in [0.29, 0.717) is 0 Å². The molecule has 0 aromatic heterocycles. The van der Waals surface area contributed by atoms with E-state index < -0.39 is 0 Å². The van der Waals surface area contributed by atoms with Gasteiger partial charge in [-0.25, -0.2) is 0 Å². The Kier molecular flexibility index (Phi) is 56.4. The first-order valence-corrected chi connectivity index (χ1v) is 29.0. The Morgan fingerprint density at radius 3 is 0.508 bits per heavy atom. The van der Waals surface area contributed by atoms with Crippen LogP contribution < -0.4 is 0 Å². The first-order valence-electron chi connectivity index (χ1n) is 29.0. The maximum atomic E-state index is 2.87. The monoisotopic (exact) mass is 852 g/mol. The van der Waals surface area contributed by atoms with E-state index in [1.54, 1.807) is 0 Å². The number of unbranched alkanes of at least 4 members (excludes halogenated alkanes) is 42. The predicted octanol–water partition coefficient (Wildman–Crippen LogP) is 21.7. The zero-order valence-corrected chi connectivity index (χ0v) is 43.0. The van der Waals surface area contributed by atoms with Gasteiger partial charge in [-0.05, 0) is 116 Å². The van der Waals surface area contributed by atoms with Gasteiger partial charge >= 0.3 is 0 Å². The Balaban J connectivity index is 4.07. The van der Waals surface area contributed by atoms with E-state index in [-0.39, 0.29) is 0 Å². The van der Waals surface area contributed by atoms with Crippen molar-refractivity contribution in [2.45, 2.75) is 329 Å². The molecule has 0 aliphatic rings. The normalized spacial score (nSPS) is 12.2. The fourth-order valence-electron chi connectivity index (χ4n) is 9.14. The lowest BCUT2D eigenvalue weighted by atomic mass is 10.1. The van der Waals surface area contributed by atoms with Gasteiger partial charge in [0.25, 0.3) is 0 Å². The van der Waals surface area contributed by atoms with Crippen LogP contribution in [0.3, 0.4) is 0 Å². The van der Waals surface area contributed by atoms with Gasteiger partial charge in [-0.3, -0.25) is 0 Å². The Morgan fingerprint density at radius 1 is 0.180 bits per heavy atom. The molecule has 0 aromatic carbocycles. The Hall–Kier alpha value is -0.820. The van der Waals surface area contributed by atoms with Crippen molar-refractivity contribution in [3.8, 4) is 0 Å². The van der Waals surface area contributed by atoms with Crippen LogP contribution in [-0.2, 0) is 0 Å². The molecule has 0 radical (unpaired) electrons. The van der Waals surface area contributed by atoms with E-state index in [9.17, 15) is 0 Å². The fraction of sp³-hybridized carbons (Fsp3) is 0.900. The summed E-state index contributed by atoms with van der Waals surface area (Å²) < 4.78 is 0. The molecule has 0 aliphatic heterocycles. The van der Waals surface area contributed by atoms with Crippen molar-refractivity contribution in [1.82, 2.24) is 4.90 Å². The van der Waals surface area contributed by atoms with E-state index in [1.165, 1.54) is 328 Å². The van der Waals surface area contributed by atoms with E-state index in [2.05, 4.69) is 62.1 Å². The molecule has 0 aliphatic carbocycles. The number of hydrogen-bond acceptors (Lipinski definition) is 1. The SMILES string of the molecule is CCCCCCCCCCC=CCCCCCCCCN(CCCCCCCCC=CCCCCCCCCCC)CCCCCCCCC=CCCCCCCCCCC. The zero-order valence-electron chi connectivity index (χ0n) is 43.0. The van der Waals surface area contributed by atoms with Gasteiger partial charge in [0.2, 0.25) is 0 Å². The summed E-state index contributed by atoms with van der Waals surface area (Å²) in [5.41, 5.74) is 0. The van der Waals surface area contributed by atoms with E-state index in [0.717, 1.165) is 0 Å². The molecule has 1 heteroatoms. The van der Waals surface area contributed by atoms with Crippen molar-refractivity contribution in [2.24, 2.45) is 0 Å². The molecule has 362 valence electrons. The van der Waals surface area contributed by atoms with Crippen LogP contribution in [0.1, 0.15) is 329 Å². The van der Waals surface area contributed by atoms with Crippen LogP contribution in [0.2, 0.25) is 0 Å². The minimum absolute atomic E-state index is 1.30. The van der Waals surface area contributed by atoms with Crippen molar-refractivity contribution in [3.63, 3.8) is 0 Å². The molecule has 0 amide bonds. The lowest BCUT2D eigenvalue weighted by molar-refractivity contribution is 0.254. The van der Waals surface area contributed by atoms with Gasteiger partial charge < -0.3 is 4.90 Å². The molecule has 0 N–H and O–H groups in total. The first kappa shape index (κ1) is 60.2. The highest BCUT2D eigenvalue weighted by Gasteiger charge is 2.05. The van der Waals surface area contributed by atoms with Crippen LogP contribution in [0, 0.1) is 0 Å². The summed E-state index contributed by atoms with van der Waals surface area (Å²) in [7, 11) is 0. The smallest absolute Gasteiger partial charge is 0.00187 e. The highest BCUT2D eigenvalue weighted by molar-refractivity contribution is 4.83. The molecule has 0 rings (SSSR count). The molecule has 0 unspecified atom stereocenters. The summed E-state index contributed by atoms with van der Waals surface area (Å²) in [5, 5.41) is 0. The maximum absolute atomic E-state index is 2.87. The van der Waals surface area contributed by atoms with Crippen LogP contribution in [-0.4, -0.2) is 24.5 Å². The van der Waals surface area contributed by atoms with Gasteiger partial charge in [0, 0.05) is 0 Å². The molecule has 0 heterocycles. The van der Waals surface area contributed by atoms with Crippen molar-refractivity contribution < 1.29 is 0 Å². The lowest BCUT2D eigenvalue weighted by Crippen LogP contribution is -2.27. The molecule has 0 atom stereocenters. The number of allylic oxidation sites excluding steroid dienone is 6. The van der Waals surface area contributed by atoms with Crippen molar-refractivity contribution >= 4 is 0 Å². The zero-order chi connectivity index (χ0) is 43.9. The third-order valence-electron chi connectivity index (χ3n) is 13.5. The molecule has 1 nitrogen and oxygen atoms in total. The van der Waals surface area contributed by atoms with E-state index >= 15 is 0 Å². The minimum Gasteiger partial charge on any atom is -0.303 e. The Bertz CT molecular complexity index is 729. The Labute approximate surface area is 388 Å². The topological polar surface area (TPSA) is 3.24 Å². The number of hydrogen-bond donors (Lipinski definition) is 0. The summed E-state index contributed by atoms with van der Waals surface area (Å²) >= 11 is 0. The molecule has 0 saturated heterocycles. The molecule has 0 bridgehead atoms. The average molecular weight is 853 g/mol. The maximum Gasteiger partial charge on any atom is -0.00187 e. The van der Waals surface area contributed by atoms with Crippen molar-refractivity contribution in [3.05, 3.63) is 36.5 Å². The van der Waals surface area contributed by atoms with Crippen LogP contribution >= 0.6 is 0 Å². The molecular weight excluding hydrogens is 735 g/mol. The second kappa shape index (κ2) is 57.2. The predicted molar refractivity (Wildman–Crippen MR) is 282 cm³/mol. The summed E-state index contributed by atoms with van der Waals surface area (Å²) in [6.45, 7) is 11.0. The summed E-state index contributed by atoms with van der Waals surface area (Å²) in [5.74, 6) is 0. The van der Waals surface area contributed by atoms with Gasteiger partial charge in [-0.1, -0.05) is 269 Å². The highest BCUT2D eigenvalue weighted by Crippen LogP contribution is 2.16. The summed E-state index contributed by atoms with van der Waals surface area (Å²) in [4.78, 5) is 2.87. The van der Waals surface area contributed by atoms with Gasteiger partial charge in [0.05, 0.1) is 0 Å². The molecule has 0 aromatic rings. The molecule has 0 fully saturated rings. The standard InChI is InChI=1S/C60H117N/c1-4-7-10-13-16-19-22-25-28-31-34-37-40-43-46-49-52-55-58-61(59-56-53-50-47-44-41-38-35-32-29-26-23-20-17-14-11-8-5-2)60-57-54-51-48-45-42-39-36-33-30-27-24-21-18-15-12-9-6-3/h31-36H,4-30,37-60H2,1-3H3. The third kappa shape index (κ3) is 55.2. The van der Waals surface area contributed by atoms with Crippen molar-refractivity contribution in [1.29, 1.82) is 0 Å². The average Bonchev–Trinajstić information content (AvgIpc) is 3.27. The van der Waals surface area contributed by atoms with Gasteiger partial charge in [0.15, 0.2) is 0 Å². The van der Waals surface area contributed by atoms with Crippen LogP contribution in [0.15, 0.2) is 36.5 Å². The van der Waals surface area contributed by atoms with Crippen LogP contribution in [0.25, 0.3) is 0 Å². The molecule has 0 saturated carbocycles. The van der Waals surface area contributed by atoms with Crippen molar-refractivity contribution in [2.75, 3.05) is 19.6 Å². The second-order valence-corrected chi connectivity index (χ2v) is 19.8. The molecule has 0 spiro atoms. The summed E-state index contributed by atoms with van der Waals surface area (Å²) in [6.07, 6.45) is 82.7. The molecular formula is C60H117N. The van der Waals surface area contributed by atoms with Crippen LogP contribution in [0.5, 0.6) is 0 Å². The highest BCUT2D eigenvalue weighted by atomic mass is 15.1. The third-order valence-corrected chi connectivity index (χ3v) is 13.5. The Morgan fingerprint density at radius 2 is 0.328 bits per heavy atom. The number of rotatable bonds is 54. The second-order valence-electron chi connectivity index (χ2n) is 19.8. The van der Waals surface area contributed by atoms with Crippen LogP contribution in [0.4, 0.5) is 0 Å². The quantitative estimate of drug-likeness (QED) is 0.0435. The van der Waals surface area contributed by atoms with E-state index in [4.69, 9.17) is 0 Å². The van der Waals surface area contributed by atoms with E-state index in [1.807, 2.05) is 0 Å². The lowest BCUT2D eigenvalue weighted by Gasteiger charge is -2.22. The van der Waals surface area contributed by atoms with Gasteiger partial charge in [0.1, 0.15) is 0 Å². The number of nitrogens with zero attached hydrogens (tertiary/aromatic N) is 1.